The zero-order valence-corrected chi connectivity index (χ0v) is 15.7. The van der Waals surface area contributed by atoms with Gasteiger partial charge in [0.25, 0.3) is 0 Å². The average molecular weight is 374 g/mol. The van der Waals surface area contributed by atoms with Gasteiger partial charge in [0.15, 0.2) is 11.5 Å². The van der Waals surface area contributed by atoms with Gasteiger partial charge in [0.05, 0.1) is 32.3 Å². The van der Waals surface area contributed by atoms with Gasteiger partial charge in [-0.25, -0.2) is 4.79 Å². The molecule has 2 N–H and O–H groups in total. The molecule has 0 saturated carbocycles. The van der Waals surface area contributed by atoms with Crippen molar-refractivity contribution in [1.29, 1.82) is 5.26 Å². The number of ether oxygens (including phenoxy) is 5. The predicted molar refractivity (Wildman–Crippen MR) is 95.7 cm³/mol. The first-order valence-electron chi connectivity index (χ1n) is 8.14. The van der Waals surface area contributed by atoms with Crippen LogP contribution in [-0.4, -0.2) is 40.5 Å². The van der Waals surface area contributed by atoms with E-state index in [1.807, 2.05) is 6.07 Å². The fourth-order valence-electron chi connectivity index (χ4n) is 2.81. The van der Waals surface area contributed by atoms with Crippen LogP contribution in [0.1, 0.15) is 18.4 Å². The number of allylic oxidation sites excluding steroid dienone is 2. The first kappa shape index (κ1) is 20.1. The van der Waals surface area contributed by atoms with E-state index in [0.717, 1.165) is 0 Å². The highest BCUT2D eigenvalue weighted by Crippen LogP contribution is 2.42. The average Bonchev–Trinajstić information content (AvgIpc) is 2.66. The molecule has 0 aliphatic carbocycles. The van der Waals surface area contributed by atoms with Crippen LogP contribution in [0.15, 0.2) is 41.0 Å². The minimum atomic E-state index is -0.751. The summed E-state index contributed by atoms with van der Waals surface area (Å²) in [4.78, 5) is 12.7. The quantitative estimate of drug-likeness (QED) is 0.569. The van der Waals surface area contributed by atoms with Crippen LogP contribution in [0.25, 0.3) is 0 Å². The van der Waals surface area contributed by atoms with Crippen LogP contribution in [0, 0.1) is 11.3 Å². The number of carbonyl (C=O) groups is 1. The van der Waals surface area contributed by atoms with Crippen molar-refractivity contribution in [2.45, 2.75) is 12.8 Å². The molecular weight excluding hydrogens is 352 g/mol. The lowest BCUT2D eigenvalue weighted by atomic mass is 9.83. The number of benzene rings is 1. The number of nitrogens with two attached hydrogens (primary N) is 1. The number of rotatable bonds is 7. The Kier molecular flexibility index (Phi) is 6.68. The van der Waals surface area contributed by atoms with Gasteiger partial charge in [-0.3, -0.25) is 0 Å². The number of methoxy groups -OCH3 is 3. The van der Waals surface area contributed by atoms with Gasteiger partial charge in [0.1, 0.15) is 24.0 Å². The predicted octanol–water partition coefficient (Wildman–Crippen LogP) is 1.98. The maximum absolute atomic E-state index is 12.7. The smallest absolute Gasteiger partial charge is 0.338 e. The van der Waals surface area contributed by atoms with E-state index >= 15 is 0 Å². The van der Waals surface area contributed by atoms with Crippen molar-refractivity contribution in [2.24, 2.45) is 5.73 Å². The van der Waals surface area contributed by atoms with Gasteiger partial charge in [-0.15, -0.1) is 0 Å². The molecule has 0 radical (unpaired) electrons. The monoisotopic (exact) mass is 374 g/mol. The summed E-state index contributed by atoms with van der Waals surface area (Å²) in [6, 6.07) is 7.15. The first-order valence-corrected chi connectivity index (χ1v) is 8.14. The molecule has 0 aromatic heterocycles. The van der Waals surface area contributed by atoms with Crippen LogP contribution in [0.2, 0.25) is 0 Å². The SMILES string of the molecule is COCCOC(=O)C1=C(C)OC(N)=C(C#N)C1c1ccc(OC)c(OC)c1. The Balaban J connectivity index is 2.53. The lowest BCUT2D eigenvalue weighted by molar-refractivity contribution is -0.140. The molecule has 1 aromatic carbocycles. The van der Waals surface area contributed by atoms with Crippen molar-refractivity contribution in [3.05, 3.63) is 46.6 Å². The summed E-state index contributed by atoms with van der Waals surface area (Å²) in [6.45, 7) is 1.93. The summed E-state index contributed by atoms with van der Waals surface area (Å²) in [5.41, 5.74) is 6.83. The van der Waals surface area contributed by atoms with Crippen LogP contribution < -0.4 is 15.2 Å². The summed E-state index contributed by atoms with van der Waals surface area (Å²) in [6.07, 6.45) is 0. The molecule has 8 heteroatoms. The van der Waals surface area contributed by atoms with E-state index in [0.29, 0.717) is 17.1 Å². The number of esters is 1. The minimum Gasteiger partial charge on any atom is -0.493 e. The van der Waals surface area contributed by atoms with Crippen molar-refractivity contribution >= 4 is 5.97 Å². The fraction of sp³-hybridized carbons (Fsp3) is 0.368. The highest BCUT2D eigenvalue weighted by Gasteiger charge is 2.36. The molecule has 8 nitrogen and oxygen atoms in total. The molecule has 2 rings (SSSR count). The zero-order chi connectivity index (χ0) is 20.0. The Labute approximate surface area is 157 Å². The van der Waals surface area contributed by atoms with Crippen LogP contribution in [0.4, 0.5) is 0 Å². The van der Waals surface area contributed by atoms with Crippen molar-refractivity contribution in [3.63, 3.8) is 0 Å². The molecule has 0 amide bonds. The molecule has 1 unspecified atom stereocenters. The van der Waals surface area contributed by atoms with E-state index < -0.39 is 11.9 Å². The summed E-state index contributed by atoms with van der Waals surface area (Å²) in [5, 5.41) is 9.60. The van der Waals surface area contributed by atoms with E-state index in [9.17, 15) is 10.1 Å². The second kappa shape index (κ2) is 8.96. The standard InChI is InChI=1S/C19H22N2O6/c1-11-16(19(22)26-8-7-23-2)17(13(10-20)18(21)27-11)12-5-6-14(24-3)15(9-12)25-4/h5-6,9,17H,7-8,21H2,1-4H3. The van der Waals surface area contributed by atoms with E-state index in [-0.39, 0.29) is 36.0 Å². The number of hydrogen-bond donors (Lipinski definition) is 1. The van der Waals surface area contributed by atoms with E-state index in [4.69, 9.17) is 29.4 Å². The van der Waals surface area contributed by atoms with Gasteiger partial charge in [0.2, 0.25) is 5.88 Å². The maximum Gasteiger partial charge on any atom is 0.338 e. The largest absolute Gasteiger partial charge is 0.493 e. The number of hydrogen-bond acceptors (Lipinski definition) is 8. The molecule has 0 spiro atoms. The van der Waals surface area contributed by atoms with Crippen molar-refractivity contribution < 1.29 is 28.5 Å². The van der Waals surface area contributed by atoms with Gasteiger partial charge in [-0.1, -0.05) is 6.07 Å². The lowest BCUT2D eigenvalue weighted by Gasteiger charge is -2.27. The Bertz CT molecular complexity index is 822. The third-order valence-electron chi connectivity index (χ3n) is 4.09. The molecule has 1 aliphatic rings. The molecule has 0 fully saturated rings. The summed E-state index contributed by atoms with van der Waals surface area (Å²) >= 11 is 0. The summed E-state index contributed by atoms with van der Waals surface area (Å²) in [7, 11) is 4.53. The molecule has 1 aliphatic heterocycles. The van der Waals surface area contributed by atoms with Crippen LogP contribution in [-0.2, 0) is 19.0 Å². The van der Waals surface area contributed by atoms with Gasteiger partial charge in [0, 0.05) is 7.11 Å². The normalized spacial score (nSPS) is 16.5. The highest BCUT2D eigenvalue weighted by molar-refractivity contribution is 5.92. The topological polar surface area (TPSA) is 113 Å². The first-order chi connectivity index (χ1) is 13.0. The molecule has 0 saturated heterocycles. The van der Waals surface area contributed by atoms with Gasteiger partial charge < -0.3 is 29.4 Å². The van der Waals surface area contributed by atoms with E-state index in [1.54, 1.807) is 25.1 Å². The Morgan fingerprint density at radius 1 is 1.22 bits per heavy atom. The van der Waals surface area contributed by atoms with Gasteiger partial charge in [-0.05, 0) is 24.6 Å². The lowest BCUT2D eigenvalue weighted by Crippen LogP contribution is -2.26. The molecular formula is C19H22N2O6. The van der Waals surface area contributed by atoms with Crippen LogP contribution in [0.3, 0.4) is 0 Å². The highest BCUT2D eigenvalue weighted by atomic mass is 16.6. The van der Waals surface area contributed by atoms with Crippen molar-refractivity contribution in [2.75, 3.05) is 34.5 Å². The van der Waals surface area contributed by atoms with Gasteiger partial charge in [-0.2, -0.15) is 5.26 Å². The molecule has 27 heavy (non-hydrogen) atoms. The Hall–Kier alpha value is -3.18. The second-order valence-electron chi connectivity index (χ2n) is 5.64. The van der Waals surface area contributed by atoms with Crippen LogP contribution >= 0.6 is 0 Å². The summed E-state index contributed by atoms with van der Waals surface area (Å²) in [5.74, 6) is -0.157. The fourth-order valence-corrected chi connectivity index (χ4v) is 2.81. The molecule has 144 valence electrons. The van der Waals surface area contributed by atoms with Crippen molar-refractivity contribution in [3.8, 4) is 17.6 Å². The zero-order valence-electron chi connectivity index (χ0n) is 15.7. The third kappa shape index (κ3) is 4.15. The maximum atomic E-state index is 12.7. The molecule has 1 heterocycles. The van der Waals surface area contributed by atoms with E-state index in [2.05, 4.69) is 0 Å². The Morgan fingerprint density at radius 2 is 1.93 bits per heavy atom. The number of carbonyl (C=O) groups excluding carboxylic acids is 1. The number of nitriles is 1. The van der Waals surface area contributed by atoms with E-state index in [1.165, 1.54) is 21.3 Å². The van der Waals surface area contributed by atoms with Crippen molar-refractivity contribution in [1.82, 2.24) is 0 Å². The summed E-state index contributed by atoms with van der Waals surface area (Å²) < 4.78 is 26.1. The molecule has 0 bridgehead atoms. The number of nitrogens with zero attached hydrogens (tertiary/aromatic N) is 1. The van der Waals surface area contributed by atoms with Gasteiger partial charge >= 0.3 is 5.97 Å². The Morgan fingerprint density at radius 3 is 2.52 bits per heavy atom. The second-order valence-corrected chi connectivity index (χ2v) is 5.64. The molecule has 1 atom stereocenters. The molecule has 1 aromatic rings. The van der Waals surface area contributed by atoms with Crippen LogP contribution in [0.5, 0.6) is 11.5 Å². The third-order valence-corrected chi connectivity index (χ3v) is 4.09. The minimum absolute atomic E-state index is 0.0526.